The van der Waals surface area contributed by atoms with Crippen molar-refractivity contribution in [2.75, 3.05) is 19.6 Å². The molecular formula is C19H32N2O2S. The number of sulfonamides is 1. The second-order valence-electron chi connectivity index (χ2n) is 6.91. The molecule has 0 spiro atoms. The lowest BCUT2D eigenvalue weighted by molar-refractivity contribution is 0.110. The highest BCUT2D eigenvalue weighted by molar-refractivity contribution is 7.89. The standard InChI is InChI=1S/C19H32N2O2S/c1-4-14-21(5-2)19-9-7-6-8-17(19)15-20-24(22,23)18-12-10-16(3)11-13-18/h10-13,17,19-20H,4-9,14-15H2,1-3H3/t17-,19-/m0/s1. The molecule has 1 aliphatic carbocycles. The van der Waals surface area contributed by atoms with Gasteiger partial charge in [0.05, 0.1) is 4.90 Å². The molecule has 1 aliphatic rings. The van der Waals surface area contributed by atoms with Crippen LogP contribution in [0.4, 0.5) is 0 Å². The number of rotatable bonds is 8. The minimum atomic E-state index is -3.41. The van der Waals surface area contributed by atoms with Crippen molar-refractivity contribution >= 4 is 10.0 Å². The molecular weight excluding hydrogens is 320 g/mol. The van der Waals surface area contributed by atoms with Crippen molar-refractivity contribution in [1.82, 2.24) is 9.62 Å². The molecule has 1 N–H and O–H groups in total. The van der Waals surface area contributed by atoms with Crippen LogP contribution in [0.25, 0.3) is 0 Å². The fourth-order valence-electron chi connectivity index (χ4n) is 3.77. The van der Waals surface area contributed by atoms with E-state index in [1.54, 1.807) is 12.1 Å². The molecule has 2 rings (SSSR count). The van der Waals surface area contributed by atoms with Gasteiger partial charge in [0.25, 0.3) is 0 Å². The largest absolute Gasteiger partial charge is 0.300 e. The second kappa shape index (κ2) is 8.97. The molecule has 4 nitrogen and oxygen atoms in total. The maximum absolute atomic E-state index is 12.5. The Hall–Kier alpha value is -0.910. The summed E-state index contributed by atoms with van der Waals surface area (Å²) in [6.07, 6.45) is 5.90. The Labute approximate surface area is 147 Å². The van der Waals surface area contributed by atoms with Crippen molar-refractivity contribution in [3.8, 4) is 0 Å². The topological polar surface area (TPSA) is 49.4 Å². The van der Waals surface area contributed by atoms with Crippen LogP contribution in [-0.2, 0) is 10.0 Å². The van der Waals surface area contributed by atoms with Crippen LogP contribution in [0.5, 0.6) is 0 Å². The lowest BCUT2D eigenvalue weighted by Gasteiger charge is -2.39. The van der Waals surface area contributed by atoms with Gasteiger partial charge in [-0.05, 0) is 57.3 Å². The van der Waals surface area contributed by atoms with E-state index in [0.29, 0.717) is 23.4 Å². The van der Waals surface area contributed by atoms with E-state index in [4.69, 9.17) is 0 Å². The first-order valence-corrected chi connectivity index (χ1v) is 10.8. The third kappa shape index (κ3) is 5.04. The molecule has 0 heterocycles. The van der Waals surface area contributed by atoms with Crippen molar-refractivity contribution in [3.05, 3.63) is 29.8 Å². The van der Waals surface area contributed by atoms with Gasteiger partial charge in [-0.2, -0.15) is 0 Å². The van der Waals surface area contributed by atoms with Gasteiger partial charge in [0, 0.05) is 12.6 Å². The number of nitrogens with one attached hydrogen (secondary N) is 1. The maximum atomic E-state index is 12.5. The molecule has 2 atom stereocenters. The van der Waals surface area contributed by atoms with Crippen LogP contribution >= 0.6 is 0 Å². The third-order valence-electron chi connectivity index (χ3n) is 5.12. The van der Waals surface area contributed by atoms with Gasteiger partial charge in [0.1, 0.15) is 0 Å². The maximum Gasteiger partial charge on any atom is 0.240 e. The van der Waals surface area contributed by atoms with Gasteiger partial charge in [-0.3, -0.25) is 0 Å². The minimum Gasteiger partial charge on any atom is -0.300 e. The summed E-state index contributed by atoms with van der Waals surface area (Å²) in [5.74, 6) is 0.408. The van der Waals surface area contributed by atoms with Crippen molar-refractivity contribution < 1.29 is 8.42 Å². The molecule has 1 aromatic carbocycles. The fraction of sp³-hybridized carbons (Fsp3) is 0.684. The van der Waals surface area contributed by atoms with Crippen LogP contribution in [0.15, 0.2) is 29.2 Å². The quantitative estimate of drug-likeness (QED) is 0.778. The van der Waals surface area contributed by atoms with Gasteiger partial charge in [-0.25, -0.2) is 13.1 Å². The fourth-order valence-corrected chi connectivity index (χ4v) is 4.86. The molecule has 24 heavy (non-hydrogen) atoms. The van der Waals surface area contributed by atoms with Gasteiger partial charge in [0.15, 0.2) is 0 Å². The average molecular weight is 353 g/mol. The minimum absolute atomic E-state index is 0.362. The van der Waals surface area contributed by atoms with Gasteiger partial charge >= 0.3 is 0 Å². The first-order chi connectivity index (χ1) is 11.5. The number of aryl methyl sites for hydroxylation is 1. The van der Waals surface area contributed by atoms with Gasteiger partial charge in [0.2, 0.25) is 10.0 Å². The predicted octanol–water partition coefficient (Wildman–Crippen LogP) is 3.56. The summed E-state index contributed by atoms with van der Waals surface area (Å²) in [5, 5.41) is 0. The monoisotopic (exact) mass is 352 g/mol. The Morgan fingerprint density at radius 3 is 2.42 bits per heavy atom. The highest BCUT2D eigenvalue weighted by atomic mass is 32.2. The molecule has 0 radical (unpaired) electrons. The van der Waals surface area contributed by atoms with E-state index in [9.17, 15) is 8.42 Å². The summed E-state index contributed by atoms with van der Waals surface area (Å²) in [4.78, 5) is 2.89. The SMILES string of the molecule is CCCN(CC)[C@H]1CCCC[C@H]1CNS(=O)(=O)c1ccc(C)cc1. The average Bonchev–Trinajstić information content (AvgIpc) is 2.59. The van der Waals surface area contributed by atoms with Gasteiger partial charge in [-0.1, -0.05) is 44.4 Å². The Balaban J connectivity index is 2.03. The number of nitrogens with zero attached hydrogens (tertiary/aromatic N) is 1. The van der Waals surface area contributed by atoms with E-state index in [0.717, 1.165) is 31.5 Å². The lowest BCUT2D eigenvalue weighted by Crippen LogP contribution is -2.46. The zero-order valence-electron chi connectivity index (χ0n) is 15.3. The van der Waals surface area contributed by atoms with Crippen molar-refractivity contribution in [2.45, 2.75) is 63.8 Å². The molecule has 1 aromatic rings. The molecule has 0 amide bonds. The number of hydrogen-bond donors (Lipinski definition) is 1. The molecule has 0 saturated heterocycles. The Morgan fingerprint density at radius 1 is 1.12 bits per heavy atom. The van der Waals surface area contributed by atoms with E-state index < -0.39 is 10.0 Å². The molecule has 0 unspecified atom stereocenters. The summed E-state index contributed by atoms with van der Waals surface area (Å²) in [7, 11) is -3.41. The normalized spacial score (nSPS) is 22.0. The van der Waals surface area contributed by atoms with Gasteiger partial charge < -0.3 is 4.90 Å². The molecule has 0 aliphatic heterocycles. The molecule has 1 saturated carbocycles. The van der Waals surface area contributed by atoms with E-state index in [2.05, 4.69) is 23.5 Å². The Kier molecular flexibility index (Phi) is 7.26. The third-order valence-corrected chi connectivity index (χ3v) is 6.56. The highest BCUT2D eigenvalue weighted by Crippen LogP contribution is 2.28. The Morgan fingerprint density at radius 2 is 1.79 bits per heavy atom. The van der Waals surface area contributed by atoms with E-state index in [1.807, 2.05) is 19.1 Å². The van der Waals surface area contributed by atoms with Crippen molar-refractivity contribution in [1.29, 1.82) is 0 Å². The second-order valence-corrected chi connectivity index (χ2v) is 8.67. The summed E-state index contributed by atoms with van der Waals surface area (Å²) in [5.41, 5.74) is 1.07. The lowest BCUT2D eigenvalue weighted by atomic mass is 9.83. The van der Waals surface area contributed by atoms with Crippen LogP contribution in [0.2, 0.25) is 0 Å². The summed E-state index contributed by atoms with van der Waals surface area (Å²) in [6.45, 7) is 9.06. The van der Waals surface area contributed by atoms with E-state index in [-0.39, 0.29) is 0 Å². The van der Waals surface area contributed by atoms with Crippen LogP contribution in [0.1, 0.15) is 51.5 Å². The van der Waals surface area contributed by atoms with Crippen LogP contribution in [0, 0.1) is 12.8 Å². The number of benzene rings is 1. The summed E-state index contributed by atoms with van der Waals surface area (Å²) >= 11 is 0. The predicted molar refractivity (Wildman–Crippen MR) is 99.7 cm³/mol. The van der Waals surface area contributed by atoms with Crippen molar-refractivity contribution in [3.63, 3.8) is 0 Å². The van der Waals surface area contributed by atoms with E-state index >= 15 is 0 Å². The zero-order chi connectivity index (χ0) is 17.6. The van der Waals surface area contributed by atoms with Crippen LogP contribution in [0.3, 0.4) is 0 Å². The zero-order valence-corrected chi connectivity index (χ0v) is 16.1. The first-order valence-electron chi connectivity index (χ1n) is 9.28. The Bertz CT molecular complexity index is 598. The molecule has 0 aromatic heterocycles. The summed E-state index contributed by atoms with van der Waals surface area (Å²) in [6, 6.07) is 7.57. The smallest absolute Gasteiger partial charge is 0.240 e. The van der Waals surface area contributed by atoms with Gasteiger partial charge in [-0.15, -0.1) is 0 Å². The molecule has 0 bridgehead atoms. The van der Waals surface area contributed by atoms with Crippen LogP contribution < -0.4 is 4.72 Å². The van der Waals surface area contributed by atoms with Crippen molar-refractivity contribution in [2.24, 2.45) is 5.92 Å². The number of hydrogen-bond acceptors (Lipinski definition) is 3. The highest BCUT2D eigenvalue weighted by Gasteiger charge is 2.30. The van der Waals surface area contributed by atoms with Crippen LogP contribution in [-0.4, -0.2) is 39.0 Å². The molecule has 1 fully saturated rings. The molecule has 5 heteroatoms. The molecule has 136 valence electrons. The first kappa shape index (κ1) is 19.4. The summed E-state index contributed by atoms with van der Waals surface area (Å²) < 4.78 is 27.9. The van der Waals surface area contributed by atoms with E-state index in [1.165, 1.54) is 19.3 Å².